The average molecular weight is 325 g/mol. The van der Waals surface area contributed by atoms with Crippen molar-refractivity contribution in [2.24, 2.45) is 11.8 Å². The summed E-state index contributed by atoms with van der Waals surface area (Å²) in [5.74, 6) is 3.04. The second-order valence-corrected chi connectivity index (χ2v) is 6.81. The molecule has 5 heteroatoms. The van der Waals surface area contributed by atoms with E-state index < -0.39 is 0 Å². The standard InChI is InChI=1S/C19H23N3O2/c1-13-11-15(13)19(23)21-8-7-18-20-12-16(22(18)10-9-21)14-5-3-4-6-17(14)24-2/h3-6,12-13,15H,7-11H2,1-2H3/t13-,15+/m0/s1. The zero-order valence-electron chi connectivity index (χ0n) is 14.2. The molecule has 2 aliphatic rings. The van der Waals surface area contributed by atoms with Gasteiger partial charge in [-0.15, -0.1) is 0 Å². The lowest BCUT2D eigenvalue weighted by molar-refractivity contribution is -0.132. The van der Waals surface area contributed by atoms with Crippen LogP contribution in [0.25, 0.3) is 11.3 Å². The first-order valence-electron chi connectivity index (χ1n) is 8.65. The zero-order chi connectivity index (χ0) is 16.7. The number of carbonyl (C=O) groups excluding carboxylic acids is 1. The molecule has 24 heavy (non-hydrogen) atoms. The molecule has 1 aromatic heterocycles. The Morgan fingerprint density at radius 1 is 1.25 bits per heavy atom. The summed E-state index contributed by atoms with van der Waals surface area (Å²) in [6, 6.07) is 8.01. The van der Waals surface area contributed by atoms with Gasteiger partial charge in [0, 0.05) is 37.5 Å². The number of aromatic nitrogens is 2. The van der Waals surface area contributed by atoms with Crippen molar-refractivity contribution >= 4 is 5.91 Å². The first kappa shape index (κ1) is 15.2. The van der Waals surface area contributed by atoms with Gasteiger partial charge in [0.2, 0.25) is 5.91 Å². The van der Waals surface area contributed by atoms with E-state index in [1.807, 2.05) is 29.3 Å². The number of ether oxygens (including phenoxy) is 1. The molecule has 0 saturated heterocycles. The number of methoxy groups -OCH3 is 1. The molecular formula is C19H23N3O2. The largest absolute Gasteiger partial charge is 0.496 e. The molecule has 2 heterocycles. The Kier molecular flexibility index (Phi) is 3.79. The molecule has 2 aromatic rings. The van der Waals surface area contributed by atoms with E-state index in [1.165, 1.54) is 0 Å². The van der Waals surface area contributed by atoms with Crippen molar-refractivity contribution in [3.8, 4) is 17.0 Å². The third-order valence-corrected chi connectivity index (χ3v) is 5.26. The van der Waals surface area contributed by atoms with Gasteiger partial charge < -0.3 is 14.2 Å². The van der Waals surface area contributed by atoms with Crippen LogP contribution in [0.4, 0.5) is 0 Å². The van der Waals surface area contributed by atoms with Crippen LogP contribution in [0.1, 0.15) is 19.2 Å². The predicted molar refractivity (Wildman–Crippen MR) is 91.8 cm³/mol. The van der Waals surface area contributed by atoms with E-state index in [9.17, 15) is 4.79 Å². The van der Waals surface area contributed by atoms with Crippen LogP contribution in [0, 0.1) is 11.8 Å². The molecule has 0 N–H and O–H groups in total. The number of hydrogen-bond donors (Lipinski definition) is 0. The highest BCUT2D eigenvalue weighted by molar-refractivity contribution is 5.81. The number of hydrogen-bond acceptors (Lipinski definition) is 3. The number of fused-ring (bicyclic) bond motifs is 1. The van der Waals surface area contributed by atoms with Gasteiger partial charge in [0.15, 0.2) is 0 Å². The van der Waals surface area contributed by atoms with Gasteiger partial charge in [0.25, 0.3) is 0 Å². The summed E-state index contributed by atoms with van der Waals surface area (Å²) in [5.41, 5.74) is 2.12. The first-order valence-corrected chi connectivity index (χ1v) is 8.65. The second kappa shape index (κ2) is 5.96. The number of carbonyl (C=O) groups is 1. The molecule has 1 aromatic carbocycles. The summed E-state index contributed by atoms with van der Waals surface area (Å²) in [7, 11) is 1.69. The fourth-order valence-corrected chi connectivity index (χ4v) is 3.62. The summed E-state index contributed by atoms with van der Waals surface area (Å²) < 4.78 is 7.73. The van der Waals surface area contributed by atoms with Gasteiger partial charge in [0.05, 0.1) is 19.0 Å². The highest BCUT2D eigenvalue weighted by Crippen LogP contribution is 2.39. The molecule has 1 fully saturated rings. The van der Waals surface area contributed by atoms with Crippen molar-refractivity contribution in [3.05, 3.63) is 36.3 Å². The number of nitrogens with zero attached hydrogens (tertiary/aromatic N) is 3. The maximum absolute atomic E-state index is 12.5. The molecular weight excluding hydrogens is 302 g/mol. The van der Waals surface area contributed by atoms with E-state index in [1.54, 1.807) is 7.11 Å². The van der Waals surface area contributed by atoms with E-state index in [-0.39, 0.29) is 5.92 Å². The minimum absolute atomic E-state index is 0.254. The van der Waals surface area contributed by atoms with Crippen molar-refractivity contribution < 1.29 is 9.53 Å². The molecule has 1 aliphatic carbocycles. The van der Waals surface area contributed by atoms with Crippen LogP contribution < -0.4 is 4.74 Å². The monoisotopic (exact) mass is 325 g/mol. The zero-order valence-corrected chi connectivity index (χ0v) is 14.2. The summed E-state index contributed by atoms with van der Waals surface area (Å²) in [4.78, 5) is 19.2. The normalized spacial score (nSPS) is 22.7. The minimum atomic E-state index is 0.254. The van der Waals surface area contributed by atoms with Gasteiger partial charge in [0.1, 0.15) is 11.6 Å². The SMILES string of the molecule is COc1ccccc1-c1cnc2n1CCN(C(=O)[C@@H]1C[C@@H]1C)CC2. The van der Waals surface area contributed by atoms with Crippen molar-refractivity contribution in [2.45, 2.75) is 26.3 Å². The topological polar surface area (TPSA) is 47.4 Å². The van der Waals surface area contributed by atoms with Crippen molar-refractivity contribution in [1.82, 2.24) is 14.5 Å². The smallest absolute Gasteiger partial charge is 0.226 e. The van der Waals surface area contributed by atoms with E-state index in [0.717, 1.165) is 55.3 Å². The summed E-state index contributed by atoms with van der Waals surface area (Å²) in [5, 5.41) is 0. The maximum Gasteiger partial charge on any atom is 0.226 e. The predicted octanol–water partition coefficient (Wildman–Crippen LogP) is 2.60. The molecule has 0 bridgehead atoms. The number of benzene rings is 1. The van der Waals surface area contributed by atoms with Gasteiger partial charge in [-0.05, 0) is 24.5 Å². The maximum atomic E-state index is 12.5. The number of amides is 1. The van der Waals surface area contributed by atoms with Crippen LogP contribution in [-0.4, -0.2) is 40.6 Å². The van der Waals surface area contributed by atoms with Crippen molar-refractivity contribution in [3.63, 3.8) is 0 Å². The van der Waals surface area contributed by atoms with Crippen LogP contribution in [0.5, 0.6) is 5.75 Å². The van der Waals surface area contributed by atoms with Gasteiger partial charge in [-0.25, -0.2) is 4.98 Å². The Morgan fingerprint density at radius 3 is 2.79 bits per heavy atom. The van der Waals surface area contributed by atoms with Crippen LogP contribution in [-0.2, 0) is 17.8 Å². The Hall–Kier alpha value is -2.30. The highest BCUT2D eigenvalue weighted by Gasteiger charge is 2.41. The summed E-state index contributed by atoms with van der Waals surface area (Å²) in [6.45, 7) is 4.47. The lowest BCUT2D eigenvalue weighted by atomic mass is 10.1. The van der Waals surface area contributed by atoms with Gasteiger partial charge in [-0.3, -0.25) is 4.79 Å². The first-order chi connectivity index (χ1) is 11.7. The molecule has 1 saturated carbocycles. The van der Waals surface area contributed by atoms with Crippen LogP contribution in [0.3, 0.4) is 0 Å². The number of rotatable bonds is 3. The van der Waals surface area contributed by atoms with E-state index >= 15 is 0 Å². The summed E-state index contributed by atoms with van der Waals surface area (Å²) >= 11 is 0. The Morgan fingerprint density at radius 2 is 2.04 bits per heavy atom. The molecule has 5 nitrogen and oxygen atoms in total. The summed E-state index contributed by atoms with van der Waals surface area (Å²) in [6.07, 6.45) is 3.78. The molecule has 0 radical (unpaired) electrons. The van der Waals surface area contributed by atoms with E-state index in [2.05, 4.69) is 22.5 Å². The highest BCUT2D eigenvalue weighted by atomic mass is 16.5. The van der Waals surface area contributed by atoms with Crippen LogP contribution >= 0.6 is 0 Å². The number of imidazole rings is 1. The Labute approximate surface area is 142 Å². The third-order valence-electron chi connectivity index (χ3n) is 5.26. The number of para-hydroxylation sites is 1. The van der Waals surface area contributed by atoms with Crippen molar-refractivity contribution in [1.29, 1.82) is 0 Å². The Balaban J connectivity index is 1.59. The van der Waals surface area contributed by atoms with Gasteiger partial charge >= 0.3 is 0 Å². The molecule has 0 unspecified atom stereocenters. The quantitative estimate of drug-likeness (QED) is 0.871. The molecule has 2 atom stereocenters. The van der Waals surface area contributed by atoms with Crippen molar-refractivity contribution in [2.75, 3.05) is 20.2 Å². The van der Waals surface area contributed by atoms with Crippen LogP contribution in [0.2, 0.25) is 0 Å². The molecule has 0 spiro atoms. The molecule has 1 aliphatic heterocycles. The van der Waals surface area contributed by atoms with Gasteiger partial charge in [-0.2, -0.15) is 0 Å². The van der Waals surface area contributed by atoms with Gasteiger partial charge in [-0.1, -0.05) is 19.1 Å². The molecule has 126 valence electrons. The fraction of sp³-hybridized carbons (Fsp3) is 0.474. The second-order valence-electron chi connectivity index (χ2n) is 6.81. The average Bonchev–Trinajstić information content (AvgIpc) is 3.27. The Bertz CT molecular complexity index is 768. The lowest BCUT2D eigenvalue weighted by Gasteiger charge is -2.20. The molecule has 4 rings (SSSR count). The molecule has 1 amide bonds. The van der Waals surface area contributed by atoms with Crippen LogP contribution in [0.15, 0.2) is 30.5 Å². The fourth-order valence-electron chi connectivity index (χ4n) is 3.62. The lowest BCUT2D eigenvalue weighted by Crippen LogP contribution is -2.35. The van der Waals surface area contributed by atoms with E-state index in [0.29, 0.717) is 11.8 Å². The van der Waals surface area contributed by atoms with E-state index in [4.69, 9.17) is 4.74 Å². The third kappa shape index (κ3) is 2.58. The minimum Gasteiger partial charge on any atom is -0.496 e.